The van der Waals surface area contributed by atoms with Crippen molar-refractivity contribution in [3.05, 3.63) is 78.4 Å². The van der Waals surface area contributed by atoms with Crippen LogP contribution < -0.4 is 10.6 Å². The first-order valence-electron chi connectivity index (χ1n) is 9.93. The van der Waals surface area contributed by atoms with Gasteiger partial charge in [-0.15, -0.1) is 0 Å². The summed E-state index contributed by atoms with van der Waals surface area (Å²) in [6, 6.07) is 25.5. The Morgan fingerprint density at radius 3 is 2.30 bits per heavy atom. The molecule has 0 radical (unpaired) electrons. The van der Waals surface area contributed by atoms with Crippen molar-refractivity contribution in [2.24, 2.45) is 5.92 Å². The zero-order chi connectivity index (χ0) is 19.1. The van der Waals surface area contributed by atoms with Gasteiger partial charge in [-0.2, -0.15) is 0 Å². The summed E-state index contributed by atoms with van der Waals surface area (Å²) >= 11 is 0. The predicted molar refractivity (Wildman–Crippen MR) is 119 cm³/mol. The van der Waals surface area contributed by atoms with Crippen molar-refractivity contribution in [1.29, 1.82) is 0 Å². The van der Waals surface area contributed by atoms with E-state index in [1.807, 2.05) is 6.07 Å². The van der Waals surface area contributed by atoms with Crippen molar-refractivity contribution >= 4 is 17.1 Å². The average molecular weight is 359 g/mol. The SMILES string of the molecule is CCC(C)CCNc1cc(Nc2ccccc2)ccc1-c1ccccc1C. The first-order chi connectivity index (χ1) is 13.2. The average Bonchev–Trinajstić information content (AvgIpc) is 2.69. The van der Waals surface area contributed by atoms with Crippen LogP contribution in [0, 0.1) is 12.8 Å². The van der Waals surface area contributed by atoms with Gasteiger partial charge in [-0.3, -0.25) is 0 Å². The maximum absolute atomic E-state index is 3.69. The van der Waals surface area contributed by atoms with Crippen molar-refractivity contribution in [3.8, 4) is 11.1 Å². The second kappa shape index (κ2) is 9.27. The molecule has 3 aromatic rings. The Balaban J connectivity index is 1.88. The van der Waals surface area contributed by atoms with E-state index in [2.05, 4.69) is 98.1 Å². The molecule has 0 spiro atoms. The Bertz CT molecular complexity index is 855. The second-order valence-electron chi connectivity index (χ2n) is 7.30. The van der Waals surface area contributed by atoms with E-state index in [-0.39, 0.29) is 0 Å². The molecule has 3 rings (SSSR count). The summed E-state index contributed by atoms with van der Waals surface area (Å²) in [4.78, 5) is 0. The normalized spacial score (nSPS) is 11.8. The van der Waals surface area contributed by atoms with Gasteiger partial charge in [0.15, 0.2) is 0 Å². The summed E-state index contributed by atoms with van der Waals surface area (Å²) in [5, 5.41) is 7.20. The van der Waals surface area contributed by atoms with Crippen LogP contribution in [0.25, 0.3) is 11.1 Å². The zero-order valence-corrected chi connectivity index (χ0v) is 16.6. The molecule has 0 saturated carbocycles. The minimum Gasteiger partial charge on any atom is -0.384 e. The molecule has 0 fully saturated rings. The topological polar surface area (TPSA) is 24.1 Å². The molecule has 2 heteroatoms. The standard InChI is InChI=1S/C25H30N2/c1-4-19(2)16-17-26-25-18-22(27-21-11-6-5-7-12-21)14-15-24(25)23-13-9-8-10-20(23)3/h5-15,18-19,26-27H,4,16-17H2,1-3H3. The van der Waals surface area contributed by atoms with Crippen LogP contribution >= 0.6 is 0 Å². The Labute approximate surface area is 163 Å². The van der Waals surface area contributed by atoms with Crippen LogP contribution in [0.1, 0.15) is 32.3 Å². The molecule has 0 aliphatic carbocycles. The van der Waals surface area contributed by atoms with Crippen LogP contribution in [0.2, 0.25) is 0 Å². The number of aryl methyl sites for hydroxylation is 1. The molecule has 0 amide bonds. The Hall–Kier alpha value is -2.74. The van der Waals surface area contributed by atoms with E-state index in [1.54, 1.807) is 0 Å². The number of para-hydroxylation sites is 1. The second-order valence-corrected chi connectivity index (χ2v) is 7.30. The van der Waals surface area contributed by atoms with Crippen LogP contribution in [0.3, 0.4) is 0 Å². The van der Waals surface area contributed by atoms with Crippen molar-refractivity contribution in [2.45, 2.75) is 33.6 Å². The lowest BCUT2D eigenvalue weighted by Crippen LogP contribution is -2.07. The van der Waals surface area contributed by atoms with E-state index in [9.17, 15) is 0 Å². The molecular formula is C25H30N2. The van der Waals surface area contributed by atoms with Gasteiger partial charge in [0.05, 0.1) is 0 Å². The number of nitrogens with one attached hydrogen (secondary N) is 2. The smallest absolute Gasteiger partial charge is 0.0440 e. The van der Waals surface area contributed by atoms with E-state index in [0.29, 0.717) is 0 Å². The maximum Gasteiger partial charge on any atom is 0.0440 e. The van der Waals surface area contributed by atoms with E-state index < -0.39 is 0 Å². The molecule has 140 valence electrons. The molecule has 1 unspecified atom stereocenters. The molecular weight excluding hydrogens is 328 g/mol. The fourth-order valence-electron chi connectivity index (χ4n) is 3.22. The van der Waals surface area contributed by atoms with E-state index in [0.717, 1.165) is 23.8 Å². The van der Waals surface area contributed by atoms with Gasteiger partial charge in [0, 0.05) is 29.2 Å². The third kappa shape index (κ3) is 5.13. The summed E-state index contributed by atoms with van der Waals surface area (Å²) in [6.45, 7) is 7.74. The molecule has 0 saturated heterocycles. The van der Waals surface area contributed by atoms with E-state index in [1.165, 1.54) is 35.2 Å². The number of hydrogen-bond donors (Lipinski definition) is 2. The minimum atomic E-state index is 0.741. The van der Waals surface area contributed by atoms with Crippen molar-refractivity contribution in [3.63, 3.8) is 0 Å². The fraction of sp³-hybridized carbons (Fsp3) is 0.280. The van der Waals surface area contributed by atoms with Crippen LogP contribution in [-0.2, 0) is 0 Å². The summed E-state index contributed by atoms with van der Waals surface area (Å²) in [7, 11) is 0. The molecule has 2 nitrogen and oxygen atoms in total. The van der Waals surface area contributed by atoms with Gasteiger partial charge in [0.25, 0.3) is 0 Å². The molecule has 1 atom stereocenters. The number of anilines is 3. The Morgan fingerprint density at radius 2 is 1.56 bits per heavy atom. The fourth-order valence-corrected chi connectivity index (χ4v) is 3.22. The first kappa shape index (κ1) is 19.0. The van der Waals surface area contributed by atoms with Crippen LogP contribution in [0.5, 0.6) is 0 Å². The van der Waals surface area contributed by atoms with Crippen LogP contribution in [-0.4, -0.2) is 6.54 Å². The lowest BCUT2D eigenvalue weighted by Gasteiger charge is -2.17. The lowest BCUT2D eigenvalue weighted by molar-refractivity contribution is 0.532. The van der Waals surface area contributed by atoms with Gasteiger partial charge in [0.1, 0.15) is 0 Å². The number of rotatable bonds is 8. The lowest BCUT2D eigenvalue weighted by atomic mass is 9.98. The van der Waals surface area contributed by atoms with Gasteiger partial charge < -0.3 is 10.6 Å². The van der Waals surface area contributed by atoms with Crippen molar-refractivity contribution < 1.29 is 0 Å². The zero-order valence-electron chi connectivity index (χ0n) is 16.6. The van der Waals surface area contributed by atoms with Gasteiger partial charge in [-0.05, 0) is 54.7 Å². The summed E-state index contributed by atoms with van der Waals surface area (Å²) in [5.41, 5.74) is 7.24. The number of hydrogen-bond acceptors (Lipinski definition) is 2. The molecule has 2 N–H and O–H groups in total. The highest BCUT2D eigenvalue weighted by molar-refractivity contribution is 5.83. The molecule has 27 heavy (non-hydrogen) atoms. The highest BCUT2D eigenvalue weighted by Gasteiger charge is 2.09. The Morgan fingerprint density at radius 1 is 0.815 bits per heavy atom. The van der Waals surface area contributed by atoms with E-state index >= 15 is 0 Å². The Kier molecular flexibility index (Phi) is 6.54. The maximum atomic E-state index is 3.69. The van der Waals surface area contributed by atoms with Crippen LogP contribution in [0.15, 0.2) is 72.8 Å². The third-order valence-electron chi connectivity index (χ3n) is 5.17. The largest absolute Gasteiger partial charge is 0.384 e. The third-order valence-corrected chi connectivity index (χ3v) is 5.17. The molecule has 0 aliphatic rings. The molecule has 0 bridgehead atoms. The highest BCUT2D eigenvalue weighted by atomic mass is 14.9. The monoisotopic (exact) mass is 358 g/mol. The summed E-state index contributed by atoms with van der Waals surface area (Å²) < 4.78 is 0. The van der Waals surface area contributed by atoms with Crippen molar-refractivity contribution in [2.75, 3.05) is 17.2 Å². The summed E-state index contributed by atoms with van der Waals surface area (Å²) in [6.07, 6.45) is 2.40. The number of benzene rings is 3. The predicted octanol–water partition coefficient (Wildman–Crippen LogP) is 7.25. The van der Waals surface area contributed by atoms with Gasteiger partial charge >= 0.3 is 0 Å². The molecule has 0 heterocycles. The molecule has 3 aromatic carbocycles. The molecule has 0 aromatic heterocycles. The van der Waals surface area contributed by atoms with Gasteiger partial charge in [-0.25, -0.2) is 0 Å². The first-order valence-corrected chi connectivity index (χ1v) is 9.93. The van der Waals surface area contributed by atoms with Crippen molar-refractivity contribution in [1.82, 2.24) is 0 Å². The molecule has 0 aliphatic heterocycles. The minimum absolute atomic E-state index is 0.741. The van der Waals surface area contributed by atoms with Crippen LogP contribution in [0.4, 0.5) is 17.1 Å². The quantitative estimate of drug-likeness (QED) is 0.443. The highest BCUT2D eigenvalue weighted by Crippen LogP contribution is 2.33. The summed E-state index contributed by atoms with van der Waals surface area (Å²) in [5.74, 6) is 0.741. The van der Waals surface area contributed by atoms with Gasteiger partial charge in [-0.1, -0.05) is 68.8 Å². The van der Waals surface area contributed by atoms with E-state index in [4.69, 9.17) is 0 Å². The van der Waals surface area contributed by atoms with Gasteiger partial charge in [0.2, 0.25) is 0 Å².